The van der Waals surface area contributed by atoms with Crippen molar-refractivity contribution in [2.45, 2.75) is 71.6 Å². The summed E-state index contributed by atoms with van der Waals surface area (Å²) in [6.45, 7) is 11.5. The molecule has 1 aliphatic heterocycles. The second kappa shape index (κ2) is 8.40. The van der Waals surface area contributed by atoms with E-state index in [0.717, 1.165) is 12.8 Å². The van der Waals surface area contributed by atoms with Gasteiger partial charge in [-0.15, -0.1) is 0 Å². The highest BCUT2D eigenvalue weighted by Gasteiger charge is 2.27. The monoisotopic (exact) mass is 357 g/mol. The predicted molar refractivity (Wildman–Crippen MR) is 93.2 cm³/mol. The zero-order valence-corrected chi connectivity index (χ0v) is 16.1. The van der Waals surface area contributed by atoms with Crippen LogP contribution in [0.1, 0.15) is 54.4 Å². The van der Waals surface area contributed by atoms with Crippen LogP contribution < -0.4 is 10.6 Å². The molecule has 0 saturated carbocycles. The molecule has 1 rings (SSSR count). The lowest BCUT2D eigenvalue weighted by molar-refractivity contribution is -0.131. The van der Waals surface area contributed by atoms with E-state index in [0.29, 0.717) is 13.1 Å². The fourth-order valence-corrected chi connectivity index (χ4v) is 2.37. The maximum Gasteiger partial charge on any atom is 0.408 e. The molecular formula is C17H31N3O5. The van der Waals surface area contributed by atoms with Crippen LogP contribution in [0.4, 0.5) is 9.59 Å². The minimum absolute atomic E-state index is 0.131. The van der Waals surface area contributed by atoms with Crippen LogP contribution in [-0.2, 0) is 14.3 Å². The molecule has 0 aromatic rings. The Balaban J connectivity index is 2.42. The number of nitrogens with one attached hydrogen (secondary N) is 2. The summed E-state index contributed by atoms with van der Waals surface area (Å²) in [4.78, 5) is 37.3. The predicted octanol–water partition coefficient (Wildman–Crippen LogP) is 2.03. The Morgan fingerprint density at radius 3 is 2.12 bits per heavy atom. The van der Waals surface area contributed by atoms with Gasteiger partial charge in [0.25, 0.3) is 0 Å². The summed E-state index contributed by atoms with van der Waals surface area (Å²) < 4.78 is 10.3. The van der Waals surface area contributed by atoms with E-state index in [1.54, 1.807) is 46.4 Å². The molecule has 1 fully saturated rings. The number of nitrogens with zero attached hydrogens (tertiary/aromatic N) is 1. The molecule has 0 aromatic heterocycles. The minimum atomic E-state index is -0.624. The van der Waals surface area contributed by atoms with Gasteiger partial charge in [-0.05, 0) is 54.4 Å². The molecule has 8 heteroatoms. The second-order valence-electron chi connectivity index (χ2n) is 8.18. The van der Waals surface area contributed by atoms with Gasteiger partial charge in [0.2, 0.25) is 5.91 Å². The standard InChI is InChI=1S/C17H31N3O5/c1-16(2,3)24-14(22)18-10-13(21)20-9-7-8-12(11-20)19-15(23)25-17(4,5)6/h12H,7-11H2,1-6H3,(H,18,22)(H,19,23)/t12-/m1/s1. The smallest absolute Gasteiger partial charge is 0.408 e. The molecule has 144 valence electrons. The molecule has 1 saturated heterocycles. The highest BCUT2D eigenvalue weighted by molar-refractivity contribution is 5.82. The summed E-state index contributed by atoms with van der Waals surface area (Å²) in [5.74, 6) is -0.207. The van der Waals surface area contributed by atoms with E-state index in [4.69, 9.17) is 9.47 Å². The number of rotatable bonds is 3. The van der Waals surface area contributed by atoms with Crippen molar-refractivity contribution in [3.05, 3.63) is 0 Å². The Morgan fingerprint density at radius 1 is 1.00 bits per heavy atom. The topological polar surface area (TPSA) is 97.0 Å². The van der Waals surface area contributed by atoms with E-state index < -0.39 is 23.4 Å². The number of carbonyl (C=O) groups is 3. The second-order valence-corrected chi connectivity index (χ2v) is 8.18. The lowest BCUT2D eigenvalue weighted by atomic mass is 10.1. The molecule has 0 radical (unpaired) electrons. The van der Waals surface area contributed by atoms with Crippen LogP contribution in [0, 0.1) is 0 Å². The average Bonchev–Trinajstić information content (AvgIpc) is 2.41. The van der Waals surface area contributed by atoms with Crippen molar-refractivity contribution in [2.24, 2.45) is 0 Å². The number of alkyl carbamates (subject to hydrolysis) is 2. The van der Waals surface area contributed by atoms with E-state index in [-0.39, 0.29) is 18.5 Å². The van der Waals surface area contributed by atoms with E-state index >= 15 is 0 Å². The first-order chi connectivity index (χ1) is 11.4. The van der Waals surface area contributed by atoms with Crippen LogP contribution in [-0.4, -0.2) is 59.9 Å². The van der Waals surface area contributed by atoms with Gasteiger partial charge in [0.1, 0.15) is 17.7 Å². The number of piperidine rings is 1. The first-order valence-corrected chi connectivity index (χ1v) is 8.60. The third-order valence-corrected chi connectivity index (χ3v) is 3.28. The SMILES string of the molecule is CC(C)(C)OC(=O)NCC(=O)N1CCC[C@@H](NC(=O)OC(C)(C)C)C1. The molecule has 2 N–H and O–H groups in total. The molecule has 8 nitrogen and oxygen atoms in total. The van der Waals surface area contributed by atoms with E-state index in [1.165, 1.54) is 0 Å². The molecule has 0 unspecified atom stereocenters. The normalized spacial score (nSPS) is 18.3. The Hall–Kier alpha value is -1.99. The number of carbonyl (C=O) groups excluding carboxylic acids is 3. The molecule has 3 amide bonds. The zero-order chi connectivity index (χ0) is 19.3. The molecule has 1 aliphatic rings. The van der Waals surface area contributed by atoms with Crippen molar-refractivity contribution < 1.29 is 23.9 Å². The van der Waals surface area contributed by atoms with E-state index in [2.05, 4.69) is 10.6 Å². The number of ether oxygens (including phenoxy) is 2. The van der Waals surface area contributed by atoms with Crippen molar-refractivity contribution in [2.75, 3.05) is 19.6 Å². The van der Waals surface area contributed by atoms with Crippen LogP contribution >= 0.6 is 0 Å². The fourth-order valence-electron chi connectivity index (χ4n) is 2.37. The lowest BCUT2D eigenvalue weighted by Gasteiger charge is -2.33. The molecule has 0 aliphatic carbocycles. The number of amides is 3. The number of hydrogen-bond donors (Lipinski definition) is 2. The first-order valence-electron chi connectivity index (χ1n) is 8.60. The van der Waals surface area contributed by atoms with Crippen LogP contribution in [0.25, 0.3) is 0 Å². The van der Waals surface area contributed by atoms with Crippen LogP contribution in [0.15, 0.2) is 0 Å². The van der Waals surface area contributed by atoms with Gasteiger partial charge in [-0.2, -0.15) is 0 Å². The van der Waals surface area contributed by atoms with Gasteiger partial charge in [0.05, 0.1) is 0 Å². The van der Waals surface area contributed by atoms with Gasteiger partial charge in [-0.1, -0.05) is 0 Å². The maximum absolute atomic E-state index is 12.2. The Morgan fingerprint density at radius 2 is 1.56 bits per heavy atom. The summed E-state index contributed by atoms with van der Waals surface area (Å²) in [5, 5.41) is 5.25. The molecular weight excluding hydrogens is 326 g/mol. The van der Waals surface area contributed by atoms with Crippen molar-refractivity contribution in [1.29, 1.82) is 0 Å². The number of hydrogen-bond acceptors (Lipinski definition) is 5. The zero-order valence-electron chi connectivity index (χ0n) is 16.1. The number of likely N-dealkylation sites (tertiary alicyclic amines) is 1. The fraction of sp³-hybridized carbons (Fsp3) is 0.824. The molecule has 0 spiro atoms. The van der Waals surface area contributed by atoms with Gasteiger partial charge in [0.15, 0.2) is 0 Å². The largest absolute Gasteiger partial charge is 0.444 e. The minimum Gasteiger partial charge on any atom is -0.444 e. The molecule has 1 heterocycles. The molecule has 0 bridgehead atoms. The van der Waals surface area contributed by atoms with Gasteiger partial charge in [-0.3, -0.25) is 4.79 Å². The summed E-state index contributed by atoms with van der Waals surface area (Å²) >= 11 is 0. The average molecular weight is 357 g/mol. The van der Waals surface area contributed by atoms with Crippen molar-refractivity contribution in [3.8, 4) is 0 Å². The van der Waals surface area contributed by atoms with E-state index in [9.17, 15) is 14.4 Å². The molecule has 25 heavy (non-hydrogen) atoms. The van der Waals surface area contributed by atoms with Crippen molar-refractivity contribution in [1.82, 2.24) is 15.5 Å². The summed E-state index contributed by atoms with van der Waals surface area (Å²) in [6.07, 6.45) is 0.446. The third kappa shape index (κ3) is 9.16. The van der Waals surface area contributed by atoms with Gasteiger partial charge in [-0.25, -0.2) is 9.59 Å². The van der Waals surface area contributed by atoms with Crippen molar-refractivity contribution >= 4 is 18.1 Å². The molecule has 0 aromatic carbocycles. The van der Waals surface area contributed by atoms with Crippen LogP contribution in [0.3, 0.4) is 0 Å². The van der Waals surface area contributed by atoms with Gasteiger partial charge >= 0.3 is 12.2 Å². The van der Waals surface area contributed by atoms with Crippen LogP contribution in [0.5, 0.6) is 0 Å². The Kier molecular flexibility index (Phi) is 7.07. The van der Waals surface area contributed by atoms with Crippen LogP contribution in [0.2, 0.25) is 0 Å². The highest BCUT2D eigenvalue weighted by Crippen LogP contribution is 2.12. The lowest BCUT2D eigenvalue weighted by Crippen LogP contribution is -2.52. The Bertz CT molecular complexity index is 493. The Labute approximate surface area is 149 Å². The first kappa shape index (κ1) is 21.1. The highest BCUT2D eigenvalue weighted by atomic mass is 16.6. The van der Waals surface area contributed by atoms with Gasteiger partial charge in [0, 0.05) is 19.1 Å². The van der Waals surface area contributed by atoms with Gasteiger partial charge < -0.3 is 25.0 Å². The molecule has 1 atom stereocenters. The third-order valence-electron chi connectivity index (χ3n) is 3.28. The quantitative estimate of drug-likeness (QED) is 0.805. The summed E-state index contributed by atoms with van der Waals surface area (Å²) in [6, 6.07) is -0.158. The van der Waals surface area contributed by atoms with Crippen molar-refractivity contribution in [3.63, 3.8) is 0 Å². The van der Waals surface area contributed by atoms with E-state index in [1.807, 2.05) is 0 Å². The maximum atomic E-state index is 12.2. The summed E-state index contributed by atoms with van der Waals surface area (Å²) in [7, 11) is 0. The summed E-state index contributed by atoms with van der Waals surface area (Å²) in [5.41, 5.74) is -1.17.